The minimum atomic E-state index is -0.287. The van der Waals surface area contributed by atoms with Crippen LogP contribution in [0.15, 0.2) is 12.5 Å². The van der Waals surface area contributed by atoms with Crippen LogP contribution in [0, 0.1) is 11.3 Å². The first kappa shape index (κ1) is 13.1. The Morgan fingerprint density at radius 2 is 2.21 bits per heavy atom. The largest absolute Gasteiger partial charge is 0.450 e. The Morgan fingerprint density at radius 1 is 1.47 bits per heavy atom. The van der Waals surface area contributed by atoms with Gasteiger partial charge in [0, 0.05) is 26.2 Å². The minimum Gasteiger partial charge on any atom is -0.450 e. The predicted molar refractivity (Wildman–Crippen MR) is 67.6 cm³/mol. The maximum Gasteiger partial charge on any atom is 0.409 e. The van der Waals surface area contributed by atoms with E-state index in [1.54, 1.807) is 11.8 Å². The molecule has 1 aliphatic heterocycles. The van der Waals surface area contributed by atoms with Gasteiger partial charge in [-0.3, -0.25) is 0 Å². The first-order valence-corrected chi connectivity index (χ1v) is 6.13. The zero-order chi connectivity index (χ0) is 13.7. The molecular weight excluding hydrogens is 246 g/mol. The Bertz CT molecular complexity index is 491. The lowest BCUT2D eigenvalue weighted by Gasteiger charge is -2.34. The van der Waals surface area contributed by atoms with Crippen molar-refractivity contribution in [1.29, 1.82) is 5.26 Å². The van der Waals surface area contributed by atoms with E-state index >= 15 is 0 Å². The van der Waals surface area contributed by atoms with Crippen LogP contribution in [0.5, 0.6) is 0 Å². The number of amides is 1. The lowest BCUT2D eigenvalue weighted by Crippen LogP contribution is -2.49. The first-order valence-electron chi connectivity index (χ1n) is 6.13. The molecule has 1 aliphatic rings. The average Bonchev–Trinajstić information content (AvgIpc) is 2.47. The smallest absolute Gasteiger partial charge is 0.409 e. The van der Waals surface area contributed by atoms with Gasteiger partial charge in [0.05, 0.1) is 12.8 Å². The summed E-state index contributed by atoms with van der Waals surface area (Å²) in [6.07, 6.45) is 2.64. The van der Waals surface area contributed by atoms with Gasteiger partial charge in [-0.25, -0.2) is 14.8 Å². The molecule has 1 aromatic rings. The molecule has 1 amide bonds. The zero-order valence-corrected chi connectivity index (χ0v) is 10.7. The van der Waals surface area contributed by atoms with E-state index in [-0.39, 0.29) is 6.09 Å². The minimum absolute atomic E-state index is 0.287. The van der Waals surface area contributed by atoms with Crippen molar-refractivity contribution < 1.29 is 9.53 Å². The van der Waals surface area contributed by atoms with Crippen LogP contribution in [0.25, 0.3) is 0 Å². The lowest BCUT2D eigenvalue weighted by atomic mass is 10.2. The monoisotopic (exact) mass is 261 g/mol. The van der Waals surface area contributed by atoms with Gasteiger partial charge in [-0.05, 0) is 6.92 Å². The number of hydrogen-bond donors (Lipinski definition) is 0. The van der Waals surface area contributed by atoms with E-state index < -0.39 is 0 Å². The Labute approximate surface area is 111 Å². The molecule has 2 heterocycles. The third-order valence-electron chi connectivity index (χ3n) is 2.92. The van der Waals surface area contributed by atoms with Crippen molar-refractivity contribution in [1.82, 2.24) is 14.9 Å². The van der Waals surface area contributed by atoms with Crippen LogP contribution in [0.3, 0.4) is 0 Å². The Hall–Kier alpha value is -2.36. The molecule has 0 atom stereocenters. The van der Waals surface area contributed by atoms with E-state index in [2.05, 4.69) is 16.0 Å². The first-order chi connectivity index (χ1) is 9.26. The van der Waals surface area contributed by atoms with Crippen LogP contribution < -0.4 is 4.90 Å². The molecule has 0 unspecified atom stereocenters. The van der Waals surface area contributed by atoms with Crippen molar-refractivity contribution in [2.24, 2.45) is 0 Å². The van der Waals surface area contributed by atoms with Gasteiger partial charge < -0.3 is 14.5 Å². The molecule has 1 aromatic heterocycles. The van der Waals surface area contributed by atoms with Crippen molar-refractivity contribution in [2.45, 2.75) is 6.92 Å². The molecule has 0 N–H and O–H groups in total. The second kappa shape index (κ2) is 6.00. The molecule has 2 rings (SSSR count). The molecule has 7 heteroatoms. The number of carbonyl (C=O) groups excluding carboxylic acids is 1. The van der Waals surface area contributed by atoms with E-state index in [1.165, 1.54) is 12.5 Å². The quantitative estimate of drug-likeness (QED) is 0.776. The lowest BCUT2D eigenvalue weighted by molar-refractivity contribution is 0.105. The molecule has 1 fully saturated rings. The fourth-order valence-electron chi connectivity index (χ4n) is 1.97. The van der Waals surface area contributed by atoms with Crippen molar-refractivity contribution >= 4 is 11.9 Å². The van der Waals surface area contributed by atoms with Crippen LogP contribution in [0.4, 0.5) is 10.6 Å². The van der Waals surface area contributed by atoms with Gasteiger partial charge >= 0.3 is 6.09 Å². The van der Waals surface area contributed by atoms with Crippen LogP contribution >= 0.6 is 0 Å². The molecule has 0 aliphatic carbocycles. The summed E-state index contributed by atoms with van der Waals surface area (Å²) >= 11 is 0. The van der Waals surface area contributed by atoms with Crippen molar-refractivity contribution in [3.8, 4) is 6.07 Å². The molecule has 1 saturated heterocycles. The number of piperazine rings is 1. The van der Waals surface area contributed by atoms with Crippen LogP contribution in [-0.4, -0.2) is 53.7 Å². The predicted octanol–water partition coefficient (Wildman–Crippen LogP) is 0.627. The number of ether oxygens (including phenoxy) is 1. The van der Waals surface area contributed by atoms with Gasteiger partial charge in [-0.15, -0.1) is 0 Å². The van der Waals surface area contributed by atoms with Gasteiger partial charge in [-0.1, -0.05) is 0 Å². The van der Waals surface area contributed by atoms with Crippen LogP contribution in [0.1, 0.15) is 12.5 Å². The maximum atomic E-state index is 11.6. The summed E-state index contributed by atoms with van der Waals surface area (Å²) in [5, 5.41) is 9.02. The standard InChI is InChI=1S/C12H15N5O2/c1-2-19-12(18)17-5-3-16(4-6-17)11-10(7-13)8-14-9-15-11/h8-9H,2-6H2,1H3. The van der Waals surface area contributed by atoms with E-state index in [4.69, 9.17) is 10.00 Å². The Kier molecular flexibility index (Phi) is 4.13. The van der Waals surface area contributed by atoms with Crippen molar-refractivity contribution in [3.05, 3.63) is 18.1 Å². The summed E-state index contributed by atoms with van der Waals surface area (Å²) in [5.74, 6) is 0.626. The second-order valence-corrected chi connectivity index (χ2v) is 4.04. The highest BCUT2D eigenvalue weighted by Crippen LogP contribution is 2.17. The number of hydrogen-bond acceptors (Lipinski definition) is 6. The molecule has 0 radical (unpaired) electrons. The summed E-state index contributed by atoms with van der Waals surface area (Å²) in [7, 11) is 0. The molecule has 7 nitrogen and oxygen atoms in total. The number of nitriles is 1. The van der Waals surface area contributed by atoms with Gasteiger partial charge in [-0.2, -0.15) is 5.26 Å². The number of anilines is 1. The van der Waals surface area contributed by atoms with Gasteiger partial charge in [0.15, 0.2) is 0 Å². The highest BCUT2D eigenvalue weighted by atomic mass is 16.6. The molecule has 0 bridgehead atoms. The third-order valence-corrected chi connectivity index (χ3v) is 2.92. The molecular formula is C12H15N5O2. The summed E-state index contributed by atoms with van der Waals surface area (Å²) in [6.45, 7) is 4.55. The van der Waals surface area contributed by atoms with E-state index in [9.17, 15) is 4.79 Å². The van der Waals surface area contributed by atoms with Crippen molar-refractivity contribution in [3.63, 3.8) is 0 Å². The molecule has 0 saturated carbocycles. The van der Waals surface area contributed by atoms with E-state index in [0.29, 0.717) is 44.2 Å². The summed E-state index contributed by atoms with van der Waals surface area (Å²) < 4.78 is 4.96. The van der Waals surface area contributed by atoms with E-state index in [1.807, 2.05) is 4.90 Å². The van der Waals surface area contributed by atoms with Gasteiger partial charge in [0.1, 0.15) is 23.8 Å². The Balaban J connectivity index is 2.00. The number of carbonyl (C=O) groups is 1. The fraction of sp³-hybridized carbons (Fsp3) is 0.500. The van der Waals surface area contributed by atoms with Gasteiger partial charge in [0.25, 0.3) is 0 Å². The summed E-state index contributed by atoms with van der Waals surface area (Å²) in [4.78, 5) is 23.2. The Morgan fingerprint density at radius 3 is 2.84 bits per heavy atom. The highest BCUT2D eigenvalue weighted by molar-refractivity contribution is 5.68. The zero-order valence-electron chi connectivity index (χ0n) is 10.7. The summed E-state index contributed by atoms with van der Waals surface area (Å²) in [5.41, 5.74) is 0.451. The third kappa shape index (κ3) is 2.91. The molecule has 0 spiro atoms. The van der Waals surface area contributed by atoms with Crippen LogP contribution in [-0.2, 0) is 4.74 Å². The molecule has 0 aromatic carbocycles. The second-order valence-electron chi connectivity index (χ2n) is 4.04. The number of aromatic nitrogens is 2. The van der Waals surface area contributed by atoms with Crippen molar-refractivity contribution in [2.75, 3.05) is 37.7 Å². The highest BCUT2D eigenvalue weighted by Gasteiger charge is 2.23. The van der Waals surface area contributed by atoms with Gasteiger partial charge in [0.2, 0.25) is 0 Å². The molecule has 100 valence electrons. The number of nitrogens with zero attached hydrogens (tertiary/aromatic N) is 5. The fourth-order valence-corrected chi connectivity index (χ4v) is 1.97. The SMILES string of the molecule is CCOC(=O)N1CCN(c2ncncc2C#N)CC1. The average molecular weight is 261 g/mol. The molecule has 19 heavy (non-hydrogen) atoms. The van der Waals surface area contributed by atoms with Crippen LogP contribution in [0.2, 0.25) is 0 Å². The topological polar surface area (TPSA) is 82.3 Å². The summed E-state index contributed by atoms with van der Waals surface area (Å²) in [6, 6.07) is 2.08. The maximum absolute atomic E-state index is 11.6. The normalized spacial score (nSPS) is 14.9. The van der Waals surface area contributed by atoms with E-state index in [0.717, 1.165) is 0 Å². The number of rotatable bonds is 2.